The Labute approximate surface area is 240 Å². The van der Waals surface area contributed by atoms with Gasteiger partial charge < -0.3 is 15.7 Å². The number of benzene rings is 2. The van der Waals surface area contributed by atoms with Crippen LogP contribution in [0.2, 0.25) is 0 Å². The number of halogens is 1. The SMILES string of the molecule is CC(C)CN(CC(O)C(Cc1ccccc1)NC(=O)[C@@H](NC(=O)CCl)C(C)(C)C)Sc1cccc([N+](=O)[O-])c1. The number of nitro benzene ring substituents is 1. The topological polar surface area (TPSA) is 125 Å². The van der Waals surface area contributed by atoms with Crippen LogP contribution in [0.4, 0.5) is 5.69 Å². The summed E-state index contributed by atoms with van der Waals surface area (Å²) in [5, 5.41) is 28.4. The third kappa shape index (κ3) is 11.2. The normalized spacial score (nSPS) is 14.1. The number of alkyl halides is 1. The molecule has 2 rings (SSSR count). The molecule has 0 saturated carbocycles. The zero-order chi connectivity index (χ0) is 29.2. The van der Waals surface area contributed by atoms with Crippen LogP contribution in [0.25, 0.3) is 0 Å². The predicted octanol–water partition coefficient (Wildman–Crippen LogP) is 4.42. The summed E-state index contributed by atoms with van der Waals surface area (Å²) in [6.45, 7) is 10.4. The number of aliphatic hydroxyl groups excluding tert-OH is 1. The first kappa shape index (κ1) is 32.6. The molecule has 0 aromatic heterocycles. The monoisotopic (exact) mass is 578 g/mol. The Bertz CT molecular complexity index is 1100. The lowest BCUT2D eigenvalue weighted by Crippen LogP contribution is -2.58. The summed E-state index contributed by atoms with van der Waals surface area (Å²) in [7, 11) is 0. The van der Waals surface area contributed by atoms with Gasteiger partial charge >= 0.3 is 0 Å². The summed E-state index contributed by atoms with van der Waals surface area (Å²) in [4.78, 5) is 37.0. The highest BCUT2D eigenvalue weighted by Gasteiger charge is 2.35. The molecule has 0 fully saturated rings. The van der Waals surface area contributed by atoms with Crippen molar-refractivity contribution in [2.24, 2.45) is 11.3 Å². The standard InChI is InChI=1S/C28H39ClN4O5S/c1-19(2)17-32(39-22-13-9-12-21(15-22)33(37)38)18-24(34)23(14-20-10-7-6-8-11-20)30-27(36)26(28(3,4)5)31-25(35)16-29/h6-13,15,19,23-24,26,34H,14,16-18H2,1-5H3,(H,30,36)(H,31,35)/t23?,24?,26-/m1/s1. The molecular weight excluding hydrogens is 540 g/mol. The zero-order valence-corrected chi connectivity index (χ0v) is 24.7. The summed E-state index contributed by atoms with van der Waals surface area (Å²) in [6, 6.07) is 14.3. The van der Waals surface area contributed by atoms with Crippen LogP contribution in [0.1, 0.15) is 40.2 Å². The second-order valence-corrected chi connectivity index (χ2v) is 12.4. The van der Waals surface area contributed by atoms with Crippen LogP contribution in [0, 0.1) is 21.4 Å². The molecule has 0 radical (unpaired) electrons. The van der Waals surface area contributed by atoms with E-state index in [4.69, 9.17) is 11.6 Å². The molecule has 0 aliphatic heterocycles. The molecule has 11 heteroatoms. The largest absolute Gasteiger partial charge is 0.390 e. The van der Waals surface area contributed by atoms with Crippen molar-refractivity contribution in [1.82, 2.24) is 14.9 Å². The molecule has 2 unspecified atom stereocenters. The third-order valence-corrected chi connectivity index (χ3v) is 7.13. The Balaban J connectivity index is 2.30. The lowest BCUT2D eigenvalue weighted by Gasteiger charge is -2.34. The van der Waals surface area contributed by atoms with E-state index in [1.54, 1.807) is 12.1 Å². The van der Waals surface area contributed by atoms with E-state index in [2.05, 4.69) is 10.6 Å². The number of rotatable bonds is 14. The minimum Gasteiger partial charge on any atom is -0.390 e. The van der Waals surface area contributed by atoms with Crippen molar-refractivity contribution in [1.29, 1.82) is 0 Å². The Hall–Kier alpha value is -2.66. The van der Waals surface area contributed by atoms with Crippen LogP contribution in [0.5, 0.6) is 0 Å². The van der Waals surface area contributed by atoms with Crippen LogP contribution in [-0.2, 0) is 16.0 Å². The summed E-state index contributed by atoms with van der Waals surface area (Å²) in [5.41, 5.74) is 0.322. The summed E-state index contributed by atoms with van der Waals surface area (Å²) < 4.78 is 1.95. The van der Waals surface area contributed by atoms with Gasteiger partial charge in [-0.1, -0.05) is 71.0 Å². The maximum atomic E-state index is 13.4. The minimum absolute atomic E-state index is 0.00789. The first-order valence-corrected chi connectivity index (χ1v) is 14.2. The number of nitrogens with one attached hydrogen (secondary N) is 2. The lowest BCUT2D eigenvalue weighted by molar-refractivity contribution is -0.385. The summed E-state index contributed by atoms with van der Waals surface area (Å²) in [5.74, 6) is -0.887. The first-order chi connectivity index (χ1) is 18.3. The first-order valence-electron chi connectivity index (χ1n) is 12.8. The number of hydrogen-bond acceptors (Lipinski definition) is 7. The second-order valence-electron chi connectivity index (χ2n) is 11.0. The molecule has 0 bridgehead atoms. The molecule has 0 aliphatic rings. The fraction of sp³-hybridized carbons (Fsp3) is 0.500. The molecule has 0 aliphatic carbocycles. The van der Waals surface area contributed by atoms with Gasteiger partial charge in [-0.2, -0.15) is 0 Å². The van der Waals surface area contributed by atoms with E-state index in [0.717, 1.165) is 5.56 Å². The molecule has 2 aromatic carbocycles. The number of hydrogen-bond donors (Lipinski definition) is 3. The maximum absolute atomic E-state index is 13.4. The van der Waals surface area contributed by atoms with Gasteiger partial charge in [0.15, 0.2) is 0 Å². The average molecular weight is 579 g/mol. The molecular formula is C28H39ClN4O5S. The van der Waals surface area contributed by atoms with Crippen molar-refractivity contribution in [3.05, 3.63) is 70.3 Å². The Morgan fingerprint density at radius 1 is 1.08 bits per heavy atom. The fourth-order valence-corrected chi connectivity index (χ4v) is 5.28. The highest BCUT2D eigenvalue weighted by atomic mass is 35.5. The second kappa shape index (κ2) is 15.2. The van der Waals surface area contributed by atoms with Gasteiger partial charge in [0.2, 0.25) is 11.8 Å². The summed E-state index contributed by atoms with van der Waals surface area (Å²) in [6.07, 6.45) is -0.617. The van der Waals surface area contributed by atoms with Crippen molar-refractivity contribution in [3.8, 4) is 0 Å². The summed E-state index contributed by atoms with van der Waals surface area (Å²) >= 11 is 7.00. The number of carbonyl (C=O) groups is 2. The Morgan fingerprint density at radius 2 is 1.74 bits per heavy atom. The highest BCUT2D eigenvalue weighted by molar-refractivity contribution is 7.97. The van der Waals surface area contributed by atoms with E-state index < -0.39 is 40.3 Å². The molecule has 2 aromatic rings. The average Bonchev–Trinajstić information content (AvgIpc) is 2.86. The predicted molar refractivity (Wildman–Crippen MR) is 156 cm³/mol. The number of non-ortho nitro benzene ring substituents is 1. The van der Waals surface area contributed by atoms with Crippen molar-refractivity contribution < 1.29 is 19.6 Å². The van der Waals surface area contributed by atoms with Crippen molar-refractivity contribution in [2.75, 3.05) is 19.0 Å². The lowest BCUT2D eigenvalue weighted by atomic mass is 9.85. The van der Waals surface area contributed by atoms with E-state index in [1.165, 1.54) is 24.1 Å². The zero-order valence-electron chi connectivity index (χ0n) is 23.1. The maximum Gasteiger partial charge on any atom is 0.270 e. The van der Waals surface area contributed by atoms with Crippen LogP contribution >= 0.6 is 23.5 Å². The number of aliphatic hydroxyl groups is 1. The smallest absolute Gasteiger partial charge is 0.270 e. The van der Waals surface area contributed by atoms with Crippen LogP contribution in [0.15, 0.2) is 59.5 Å². The van der Waals surface area contributed by atoms with Gasteiger partial charge in [-0.15, -0.1) is 11.6 Å². The van der Waals surface area contributed by atoms with Gasteiger partial charge in [-0.3, -0.25) is 19.7 Å². The molecule has 9 nitrogen and oxygen atoms in total. The number of carbonyl (C=O) groups excluding carboxylic acids is 2. The quantitative estimate of drug-likeness (QED) is 0.131. The molecule has 3 atom stereocenters. The number of nitrogens with zero attached hydrogens (tertiary/aromatic N) is 2. The highest BCUT2D eigenvalue weighted by Crippen LogP contribution is 2.28. The van der Waals surface area contributed by atoms with Crippen LogP contribution in [-0.4, -0.2) is 63.3 Å². The van der Waals surface area contributed by atoms with Gasteiger partial charge in [-0.05, 0) is 41.3 Å². The molecule has 0 heterocycles. The molecule has 214 valence electrons. The van der Waals surface area contributed by atoms with Gasteiger partial charge in [-0.25, -0.2) is 4.31 Å². The van der Waals surface area contributed by atoms with E-state index in [9.17, 15) is 24.8 Å². The van der Waals surface area contributed by atoms with E-state index in [1.807, 2.05) is 69.3 Å². The minimum atomic E-state index is -0.983. The van der Waals surface area contributed by atoms with Gasteiger partial charge in [0.05, 0.1) is 17.1 Å². The third-order valence-electron chi connectivity index (χ3n) is 5.87. The van der Waals surface area contributed by atoms with Crippen LogP contribution in [0.3, 0.4) is 0 Å². The number of amides is 2. The van der Waals surface area contributed by atoms with Crippen LogP contribution < -0.4 is 10.6 Å². The Morgan fingerprint density at radius 3 is 2.31 bits per heavy atom. The molecule has 2 amide bonds. The number of nitro groups is 1. The van der Waals surface area contributed by atoms with Gasteiger partial charge in [0.25, 0.3) is 5.69 Å². The van der Waals surface area contributed by atoms with Crippen molar-refractivity contribution in [2.45, 2.75) is 64.1 Å². The van der Waals surface area contributed by atoms with Gasteiger partial charge in [0.1, 0.15) is 11.9 Å². The van der Waals surface area contributed by atoms with E-state index in [-0.39, 0.29) is 24.0 Å². The molecule has 0 spiro atoms. The molecule has 39 heavy (non-hydrogen) atoms. The fourth-order valence-electron chi connectivity index (χ4n) is 3.99. The van der Waals surface area contributed by atoms with Crippen molar-refractivity contribution >= 4 is 41.1 Å². The molecule has 3 N–H and O–H groups in total. The van der Waals surface area contributed by atoms with Gasteiger partial charge in [0, 0.05) is 30.1 Å². The van der Waals surface area contributed by atoms with E-state index in [0.29, 0.717) is 17.9 Å². The molecule has 0 saturated heterocycles. The van der Waals surface area contributed by atoms with E-state index >= 15 is 0 Å². The van der Waals surface area contributed by atoms with Crippen molar-refractivity contribution in [3.63, 3.8) is 0 Å². The Kier molecular flexibility index (Phi) is 12.7.